The Balaban J connectivity index is 1.67. The SMILES string of the molecule is CCc1csc(C2CCCN(Cc3ccc(C(=O)O)c(F)c3)C2)n1. The molecule has 128 valence electrons. The molecule has 4 nitrogen and oxygen atoms in total. The molecule has 0 amide bonds. The normalized spacial score (nSPS) is 18.7. The van der Waals surface area contributed by atoms with Crippen molar-refractivity contribution < 1.29 is 14.3 Å². The van der Waals surface area contributed by atoms with Crippen LogP contribution in [0.4, 0.5) is 4.39 Å². The van der Waals surface area contributed by atoms with Gasteiger partial charge in [0.15, 0.2) is 0 Å². The summed E-state index contributed by atoms with van der Waals surface area (Å²) in [6.45, 7) is 4.64. The minimum absolute atomic E-state index is 0.273. The maximum Gasteiger partial charge on any atom is 0.338 e. The molecule has 0 spiro atoms. The minimum atomic E-state index is -1.23. The van der Waals surface area contributed by atoms with Crippen LogP contribution in [0.15, 0.2) is 23.6 Å². The van der Waals surface area contributed by atoms with E-state index in [0.29, 0.717) is 12.5 Å². The zero-order valence-electron chi connectivity index (χ0n) is 13.7. The number of aryl methyl sites for hydroxylation is 1. The van der Waals surface area contributed by atoms with Crippen molar-refractivity contribution in [3.63, 3.8) is 0 Å². The van der Waals surface area contributed by atoms with E-state index in [9.17, 15) is 9.18 Å². The Kier molecular flexibility index (Phi) is 5.26. The first-order valence-electron chi connectivity index (χ1n) is 8.25. The highest BCUT2D eigenvalue weighted by Crippen LogP contribution is 2.30. The number of carbonyl (C=O) groups is 1. The van der Waals surface area contributed by atoms with Crippen LogP contribution in [-0.2, 0) is 13.0 Å². The van der Waals surface area contributed by atoms with E-state index in [1.165, 1.54) is 17.1 Å². The van der Waals surface area contributed by atoms with Gasteiger partial charge in [-0.2, -0.15) is 0 Å². The molecule has 1 N–H and O–H groups in total. The van der Waals surface area contributed by atoms with Crippen LogP contribution in [-0.4, -0.2) is 34.0 Å². The molecule has 1 saturated heterocycles. The Bertz CT molecular complexity index is 732. The second-order valence-electron chi connectivity index (χ2n) is 6.22. The van der Waals surface area contributed by atoms with Gasteiger partial charge < -0.3 is 5.11 Å². The zero-order valence-corrected chi connectivity index (χ0v) is 14.5. The molecular formula is C18H21FN2O2S. The van der Waals surface area contributed by atoms with E-state index in [1.807, 2.05) is 0 Å². The molecule has 0 aliphatic carbocycles. The van der Waals surface area contributed by atoms with Gasteiger partial charge in [-0.15, -0.1) is 11.3 Å². The maximum atomic E-state index is 13.8. The molecule has 3 rings (SSSR count). The third kappa shape index (κ3) is 3.82. The highest BCUT2D eigenvalue weighted by atomic mass is 32.1. The topological polar surface area (TPSA) is 53.4 Å². The van der Waals surface area contributed by atoms with Gasteiger partial charge in [0.05, 0.1) is 16.3 Å². The summed E-state index contributed by atoms with van der Waals surface area (Å²) < 4.78 is 13.8. The number of hydrogen-bond donors (Lipinski definition) is 1. The monoisotopic (exact) mass is 348 g/mol. The summed E-state index contributed by atoms with van der Waals surface area (Å²) in [6, 6.07) is 4.39. The van der Waals surface area contributed by atoms with Gasteiger partial charge in [-0.3, -0.25) is 4.90 Å². The van der Waals surface area contributed by atoms with E-state index in [-0.39, 0.29) is 5.56 Å². The lowest BCUT2D eigenvalue weighted by Gasteiger charge is -2.31. The number of rotatable bonds is 5. The predicted molar refractivity (Wildman–Crippen MR) is 92.1 cm³/mol. The Hall–Kier alpha value is -1.79. The van der Waals surface area contributed by atoms with Gasteiger partial charge in [0, 0.05) is 24.4 Å². The van der Waals surface area contributed by atoms with Crippen molar-refractivity contribution in [1.29, 1.82) is 0 Å². The molecule has 0 radical (unpaired) electrons. The lowest BCUT2D eigenvalue weighted by atomic mass is 9.98. The Morgan fingerprint density at radius 2 is 2.33 bits per heavy atom. The number of hydrogen-bond acceptors (Lipinski definition) is 4. The largest absolute Gasteiger partial charge is 0.478 e. The molecule has 0 bridgehead atoms. The lowest BCUT2D eigenvalue weighted by molar-refractivity contribution is 0.0692. The number of piperidine rings is 1. The number of aromatic nitrogens is 1. The summed E-state index contributed by atoms with van der Waals surface area (Å²) in [5.74, 6) is -1.46. The molecular weight excluding hydrogens is 327 g/mol. The van der Waals surface area contributed by atoms with Crippen LogP contribution in [0.2, 0.25) is 0 Å². The van der Waals surface area contributed by atoms with Gasteiger partial charge >= 0.3 is 5.97 Å². The third-order valence-corrected chi connectivity index (χ3v) is 5.51. The summed E-state index contributed by atoms with van der Waals surface area (Å²) >= 11 is 1.73. The summed E-state index contributed by atoms with van der Waals surface area (Å²) in [6.07, 6.45) is 3.20. The quantitative estimate of drug-likeness (QED) is 0.890. The van der Waals surface area contributed by atoms with E-state index in [4.69, 9.17) is 10.1 Å². The van der Waals surface area contributed by atoms with Gasteiger partial charge in [-0.25, -0.2) is 14.2 Å². The molecule has 2 heterocycles. The summed E-state index contributed by atoms with van der Waals surface area (Å²) in [5, 5.41) is 12.2. The average Bonchev–Trinajstić information content (AvgIpc) is 3.04. The number of carboxylic acid groups (broad SMARTS) is 1. The predicted octanol–water partition coefficient (Wildman–Crippen LogP) is 3.92. The molecule has 6 heteroatoms. The van der Waals surface area contributed by atoms with Crippen molar-refractivity contribution in [3.8, 4) is 0 Å². The summed E-state index contributed by atoms with van der Waals surface area (Å²) in [5.41, 5.74) is 1.69. The van der Waals surface area contributed by atoms with Gasteiger partial charge in [0.2, 0.25) is 0 Å². The highest BCUT2D eigenvalue weighted by Gasteiger charge is 2.24. The van der Waals surface area contributed by atoms with Crippen LogP contribution < -0.4 is 0 Å². The maximum absolute atomic E-state index is 13.8. The van der Waals surface area contributed by atoms with Crippen LogP contribution in [0.1, 0.15) is 52.3 Å². The molecule has 1 aromatic heterocycles. The van der Waals surface area contributed by atoms with Crippen molar-refractivity contribution in [1.82, 2.24) is 9.88 Å². The first-order valence-corrected chi connectivity index (χ1v) is 9.13. The molecule has 1 atom stereocenters. The molecule has 1 unspecified atom stereocenters. The molecule has 1 fully saturated rings. The number of halogens is 1. The first-order chi connectivity index (χ1) is 11.6. The van der Waals surface area contributed by atoms with Crippen molar-refractivity contribution in [3.05, 3.63) is 51.2 Å². The van der Waals surface area contributed by atoms with Gasteiger partial charge in [0.1, 0.15) is 5.82 Å². The van der Waals surface area contributed by atoms with Crippen LogP contribution in [0, 0.1) is 5.82 Å². The van der Waals surface area contributed by atoms with Gasteiger partial charge in [-0.05, 0) is 43.5 Å². The fourth-order valence-corrected chi connectivity index (χ4v) is 4.19. The molecule has 1 aliphatic rings. The van der Waals surface area contributed by atoms with Crippen molar-refractivity contribution in [2.24, 2.45) is 0 Å². The molecule has 1 aromatic carbocycles. The van der Waals surface area contributed by atoms with Crippen LogP contribution in [0.25, 0.3) is 0 Å². The van der Waals surface area contributed by atoms with E-state index in [0.717, 1.165) is 43.6 Å². The summed E-state index contributed by atoms with van der Waals surface area (Å²) in [7, 11) is 0. The van der Waals surface area contributed by atoms with Crippen molar-refractivity contribution >= 4 is 17.3 Å². The first kappa shape index (κ1) is 17.0. The molecule has 0 saturated carbocycles. The lowest BCUT2D eigenvalue weighted by Crippen LogP contribution is -2.33. The third-order valence-electron chi connectivity index (χ3n) is 4.46. The molecule has 1 aliphatic heterocycles. The van der Waals surface area contributed by atoms with E-state index >= 15 is 0 Å². The van der Waals surface area contributed by atoms with E-state index in [2.05, 4.69) is 17.2 Å². The Morgan fingerprint density at radius 1 is 1.50 bits per heavy atom. The van der Waals surface area contributed by atoms with Crippen LogP contribution in [0.3, 0.4) is 0 Å². The summed E-state index contributed by atoms with van der Waals surface area (Å²) in [4.78, 5) is 17.9. The smallest absolute Gasteiger partial charge is 0.338 e. The highest BCUT2D eigenvalue weighted by molar-refractivity contribution is 7.09. The van der Waals surface area contributed by atoms with Crippen LogP contribution >= 0.6 is 11.3 Å². The van der Waals surface area contributed by atoms with Crippen molar-refractivity contribution in [2.75, 3.05) is 13.1 Å². The fourth-order valence-electron chi connectivity index (χ4n) is 3.16. The van der Waals surface area contributed by atoms with E-state index in [1.54, 1.807) is 17.4 Å². The molecule has 24 heavy (non-hydrogen) atoms. The Labute approximate surface area is 145 Å². The minimum Gasteiger partial charge on any atom is -0.478 e. The van der Waals surface area contributed by atoms with Gasteiger partial charge in [-0.1, -0.05) is 13.0 Å². The second-order valence-corrected chi connectivity index (χ2v) is 7.11. The zero-order chi connectivity index (χ0) is 17.1. The Morgan fingerprint density at radius 3 is 3.00 bits per heavy atom. The number of likely N-dealkylation sites (tertiary alicyclic amines) is 1. The second kappa shape index (κ2) is 7.40. The fraction of sp³-hybridized carbons (Fsp3) is 0.444. The number of nitrogens with zero attached hydrogens (tertiary/aromatic N) is 2. The standard InChI is InChI=1S/C18H21FN2O2S/c1-2-14-11-24-17(20-14)13-4-3-7-21(10-13)9-12-5-6-15(18(22)23)16(19)8-12/h5-6,8,11,13H,2-4,7,9-10H2,1H3,(H,22,23). The van der Waals surface area contributed by atoms with Crippen molar-refractivity contribution in [2.45, 2.75) is 38.6 Å². The van der Waals surface area contributed by atoms with Gasteiger partial charge in [0.25, 0.3) is 0 Å². The van der Waals surface area contributed by atoms with E-state index < -0.39 is 11.8 Å². The average molecular weight is 348 g/mol. The number of aromatic carboxylic acids is 1. The van der Waals surface area contributed by atoms with Crippen LogP contribution in [0.5, 0.6) is 0 Å². The molecule has 2 aromatic rings. The number of thiazole rings is 1. The number of benzene rings is 1. The number of carboxylic acids is 1.